The number of nitrogens with one attached hydrogen (secondary N) is 4. The fraction of sp³-hybridized carbons (Fsp3) is 0.643. The molecule has 0 saturated carbocycles. The Morgan fingerprint density at radius 2 is 1.85 bits per heavy atom. The Labute approximate surface area is 236 Å². The summed E-state index contributed by atoms with van der Waals surface area (Å²) in [6.45, 7) is 6.95. The number of hydrogen-bond acceptors (Lipinski definition) is 7. The van der Waals surface area contributed by atoms with E-state index in [-0.39, 0.29) is 36.6 Å². The molecule has 0 unspecified atom stereocenters. The maximum absolute atomic E-state index is 13.9. The fourth-order valence-electron chi connectivity index (χ4n) is 5.05. The van der Waals surface area contributed by atoms with Crippen LogP contribution in [0.3, 0.4) is 0 Å². The van der Waals surface area contributed by atoms with Gasteiger partial charge in [-0.25, -0.2) is 0 Å². The molecule has 2 aliphatic heterocycles. The van der Waals surface area contributed by atoms with Crippen LogP contribution in [0.1, 0.15) is 59.3 Å². The van der Waals surface area contributed by atoms with Gasteiger partial charge in [-0.15, -0.1) is 11.8 Å². The van der Waals surface area contributed by atoms with Gasteiger partial charge in [0.2, 0.25) is 23.6 Å². The molecule has 2 heterocycles. The lowest BCUT2D eigenvalue weighted by Crippen LogP contribution is -2.65. The molecule has 10 nitrogen and oxygen atoms in total. The summed E-state index contributed by atoms with van der Waals surface area (Å²) in [4.78, 5) is 56.4. The average molecular weight is 561 g/mol. The number of amides is 4. The number of benzene rings is 1. The number of rotatable bonds is 8. The second-order valence-electron chi connectivity index (χ2n) is 11.3. The van der Waals surface area contributed by atoms with E-state index >= 15 is 0 Å². The highest BCUT2D eigenvalue weighted by molar-refractivity contribution is 7.99. The number of carbonyl (C=O) groups excluding carboxylic acids is 4. The van der Waals surface area contributed by atoms with E-state index in [2.05, 4.69) is 21.3 Å². The molecule has 2 aliphatic rings. The first-order valence-corrected chi connectivity index (χ1v) is 14.9. The Bertz CT molecular complexity index is 986. The molecular weight excluding hydrogens is 516 g/mol. The Hall–Kier alpha value is -2.63. The van der Waals surface area contributed by atoms with Crippen LogP contribution in [-0.4, -0.2) is 83.6 Å². The van der Waals surface area contributed by atoms with E-state index in [1.54, 1.807) is 11.8 Å². The third-order valence-electron chi connectivity index (χ3n) is 6.85. The van der Waals surface area contributed by atoms with Crippen molar-refractivity contribution in [1.82, 2.24) is 26.2 Å². The molecule has 11 heteroatoms. The van der Waals surface area contributed by atoms with E-state index in [4.69, 9.17) is 5.73 Å². The lowest BCUT2D eigenvalue weighted by atomic mass is 10.0. The molecule has 3 rings (SSSR count). The van der Waals surface area contributed by atoms with Gasteiger partial charge >= 0.3 is 0 Å². The molecule has 0 spiro atoms. The van der Waals surface area contributed by atoms with Crippen LogP contribution in [0.15, 0.2) is 35.2 Å². The smallest absolute Gasteiger partial charge is 0.242 e. The van der Waals surface area contributed by atoms with Crippen LogP contribution >= 0.6 is 11.8 Å². The predicted octanol–water partition coefficient (Wildman–Crippen LogP) is 1.14. The summed E-state index contributed by atoms with van der Waals surface area (Å²) in [5.74, 6) is -0.662. The van der Waals surface area contributed by atoms with E-state index < -0.39 is 29.7 Å². The first-order chi connectivity index (χ1) is 18.6. The number of thioether (sulfide) groups is 1. The maximum Gasteiger partial charge on any atom is 0.242 e. The van der Waals surface area contributed by atoms with Crippen molar-refractivity contribution < 1.29 is 19.2 Å². The zero-order valence-electron chi connectivity index (χ0n) is 23.3. The van der Waals surface area contributed by atoms with Gasteiger partial charge in [0.05, 0.1) is 12.1 Å². The van der Waals surface area contributed by atoms with Crippen LogP contribution in [0.4, 0.5) is 0 Å². The van der Waals surface area contributed by atoms with Crippen LogP contribution in [0.2, 0.25) is 0 Å². The monoisotopic (exact) mass is 560 g/mol. The van der Waals surface area contributed by atoms with Gasteiger partial charge in [-0.2, -0.15) is 0 Å². The van der Waals surface area contributed by atoms with E-state index in [0.29, 0.717) is 38.1 Å². The maximum atomic E-state index is 13.9. The van der Waals surface area contributed by atoms with Crippen LogP contribution in [0.25, 0.3) is 0 Å². The molecule has 39 heavy (non-hydrogen) atoms. The van der Waals surface area contributed by atoms with Crippen molar-refractivity contribution in [2.45, 2.75) is 93.9 Å². The quantitative estimate of drug-likeness (QED) is 0.237. The van der Waals surface area contributed by atoms with E-state index in [0.717, 1.165) is 17.7 Å². The zero-order valence-corrected chi connectivity index (χ0v) is 24.1. The first kappa shape index (κ1) is 30.9. The van der Waals surface area contributed by atoms with Crippen molar-refractivity contribution >= 4 is 35.4 Å². The molecule has 0 aromatic heterocycles. The van der Waals surface area contributed by atoms with Crippen molar-refractivity contribution in [2.24, 2.45) is 5.73 Å². The normalized spacial score (nSPS) is 25.3. The van der Waals surface area contributed by atoms with E-state index in [1.807, 2.05) is 56.0 Å². The minimum absolute atomic E-state index is 0.0698. The summed E-state index contributed by atoms with van der Waals surface area (Å²) in [5.41, 5.74) is 5.16. The van der Waals surface area contributed by atoms with Gasteiger partial charge in [0.15, 0.2) is 0 Å². The van der Waals surface area contributed by atoms with Gasteiger partial charge in [-0.1, -0.05) is 18.2 Å². The van der Waals surface area contributed by atoms with Gasteiger partial charge < -0.3 is 27.0 Å². The number of hydrogen-bond donors (Lipinski definition) is 5. The minimum Gasteiger partial charge on any atom is -0.354 e. The lowest BCUT2D eigenvalue weighted by Gasteiger charge is -2.38. The molecule has 1 aromatic rings. The number of nitrogens with zero attached hydrogens (tertiary/aromatic N) is 1. The largest absolute Gasteiger partial charge is 0.354 e. The fourth-order valence-corrected chi connectivity index (χ4v) is 6.04. The predicted molar refractivity (Wildman–Crippen MR) is 153 cm³/mol. The van der Waals surface area contributed by atoms with Crippen LogP contribution in [0.5, 0.6) is 0 Å². The lowest BCUT2D eigenvalue weighted by molar-refractivity contribution is -0.134. The first-order valence-electron chi connectivity index (χ1n) is 13.9. The van der Waals surface area contributed by atoms with Crippen LogP contribution in [0, 0.1) is 0 Å². The van der Waals surface area contributed by atoms with Gasteiger partial charge in [-0.05, 0) is 78.1 Å². The summed E-state index contributed by atoms with van der Waals surface area (Å²) in [6.07, 6.45) is 3.27. The molecule has 1 aromatic carbocycles. The third-order valence-corrected chi connectivity index (χ3v) is 7.98. The summed E-state index contributed by atoms with van der Waals surface area (Å²) in [6, 6.07) is 7.12. The van der Waals surface area contributed by atoms with Crippen molar-refractivity contribution in [3.8, 4) is 0 Å². The molecule has 216 valence electrons. The van der Waals surface area contributed by atoms with Gasteiger partial charge in [0.25, 0.3) is 0 Å². The zero-order chi connectivity index (χ0) is 28.4. The Morgan fingerprint density at radius 3 is 2.54 bits per heavy atom. The average Bonchev–Trinajstić information content (AvgIpc) is 3.35. The number of carbonyl (C=O) groups is 4. The molecule has 0 bridgehead atoms. The van der Waals surface area contributed by atoms with Crippen molar-refractivity contribution in [2.75, 3.05) is 25.4 Å². The third kappa shape index (κ3) is 9.51. The van der Waals surface area contributed by atoms with Gasteiger partial charge in [0, 0.05) is 29.2 Å². The number of nitrogens with two attached hydrogens (primary N) is 1. The second kappa shape index (κ2) is 14.7. The molecule has 4 amide bonds. The topological polar surface area (TPSA) is 146 Å². The van der Waals surface area contributed by atoms with Gasteiger partial charge in [0.1, 0.15) is 12.1 Å². The van der Waals surface area contributed by atoms with Crippen molar-refractivity contribution in [1.29, 1.82) is 0 Å². The minimum atomic E-state index is -0.774. The summed E-state index contributed by atoms with van der Waals surface area (Å²) >= 11 is 1.54. The molecule has 2 fully saturated rings. The molecule has 2 saturated heterocycles. The Balaban J connectivity index is 2.00. The van der Waals surface area contributed by atoms with Crippen LogP contribution in [-0.2, 0) is 19.2 Å². The molecular formula is C28H44N6O4S. The summed E-state index contributed by atoms with van der Waals surface area (Å²) < 4.78 is 0. The van der Waals surface area contributed by atoms with Crippen molar-refractivity contribution in [3.63, 3.8) is 0 Å². The highest BCUT2D eigenvalue weighted by Gasteiger charge is 2.44. The van der Waals surface area contributed by atoms with E-state index in [9.17, 15) is 19.2 Å². The van der Waals surface area contributed by atoms with Crippen molar-refractivity contribution in [3.05, 3.63) is 30.3 Å². The number of unbranched alkanes of at least 4 members (excludes halogenated alkanes) is 1. The highest BCUT2D eigenvalue weighted by Crippen LogP contribution is 2.27. The van der Waals surface area contributed by atoms with Crippen LogP contribution < -0.4 is 27.0 Å². The molecule has 0 aliphatic carbocycles. The number of fused-ring (bicyclic) bond motifs is 1. The highest BCUT2D eigenvalue weighted by atomic mass is 32.2. The standard InChI is InChI=1S/C28H44N6O4S/c1-28(2,3)33-27(38)24-21(18-39-19-10-5-4-6-11-19)32-25(36)20(12-7-8-15-29)31-23(35)14-16-30-26(37)22-13-9-17-34(22)24/h4-6,10-11,20-22,24H,7-9,12-18,29H2,1-3H3,(H,30,37)(H,31,35)(H,32,36)(H,33,38)/t20-,21-,22-,24-/m0/s1. The Morgan fingerprint density at radius 1 is 1.10 bits per heavy atom. The molecule has 0 radical (unpaired) electrons. The van der Waals surface area contributed by atoms with Gasteiger partial charge in [-0.3, -0.25) is 24.1 Å². The van der Waals surface area contributed by atoms with E-state index in [1.165, 1.54) is 0 Å². The molecule has 4 atom stereocenters. The summed E-state index contributed by atoms with van der Waals surface area (Å²) in [7, 11) is 0. The second-order valence-corrected chi connectivity index (χ2v) is 12.4. The Kier molecular flexibility index (Phi) is 11.6. The SMILES string of the molecule is CC(C)(C)NC(=O)[C@@H]1[C@H](CSc2ccccc2)NC(=O)[C@H](CCCCN)NC(=O)CCNC(=O)[C@@H]2CCCN12. The summed E-state index contributed by atoms with van der Waals surface area (Å²) in [5, 5.41) is 11.9. The molecule has 6 N–H and O–H groups in total.